The standard InChI is InChI=1S/C20H27N5O4S2/c1-10-7-8-12-15(10)22-13-6-4-5-11(13)16(12)24-19(27)25-31(21,29)17-14(9-26)23-18(30-17)20(2,3)28/h10,26,28H,4-9H2,1-3H3,(H3,21,22,24,25,27,29)/t10-,31?/m1/s1. The van der Waals surface area contributed by atoms with E-state index in [1.54, 1.807) is 0 Å². The molecule has 2 aliphatic rings. The molecule has 168 valence electrons. The number of rotatable bonds is 4. The van der Waals surface area contributed by atoms with Crippen LogP contribution < -0.4 is 10.5 Å². The number of carbonyl (C=O) groups is 1. The highest BCUT2D eigenvalue weighted by atomic mass is 32.2. The molecule has 0 spiro atoms. The van der Waals surface area contributed by atoms with Gasteiger partial charge in [0.15, 0.2) is 9.92 Å². The predicted molar refractivity (Wildman–Crippen MR) is 118 cm³/mol. The van der Waals surface area contributed by atoms with E-state index < -0.39 is 28.2 Å². The van der Waals surface area contributed by atoms with E-state index in [9.17, 15) is 19.2 Å². The lowest BCUT2D eigenvalue weighted by molar-refractivity contribution is 0.0779. The topological polar surface area (TPSA) is 151 Å². The summed E-state index contributed by atoms with van der Waals surface area (Å²) in [7, 11) is -3.67. The van der Waals surface area contributed by atoms with Crippen molar-refractivity contribution in [2.24, 2.45) is 9.50 Å². The summed E-state index contributed by atoms with van der Waals surface area (Å²) in [6, 6.07) is -0.809. The first kappa shape index (κ1) is 22.3. The predicted octanol–water partition coefficient (Wildman–Crippen LogP) is 2.73. The highest BCUT2D eigenvalue weighted by Crippen LogP contribution is 2.41. The molecule has 2 heterocycles. The second kappa shape index (κ2) is 7.89. The normalized spacial score (nSPS) is 19.6. The molecule has 4 rings (SSSR count). The third kappa shape index (κ3) is 4.12. The van der Waals surface area contributed by atoms with Crippen molar-refractivity contribution in [1.82, 2.24) is 9.97 Å². The van der Waals surface area contributed by atoms with Crippen LogP contribution in [0.25, 0.3) is 0 Å². The van der Waals surface area contributed by atoms with E-state index in [2.05, 4.69) is 21.6 Å². The van der Waals surface area contributed by atoms with Crippen molar-refractivity contribution in [2.45, 2.75) is 75.2 Å². The lowest BCUT2D eigenvalue weighted by atomic mass is 10.0. The maximum absolute atomic E-state index is 13.1. The van der Waals surface area contributed by atoms with E-state index >= 15 is 0 Å². The molecule has 11 heteroatoms. The van der Waals surface area contributed by atoms with E-state index in [1.807, 2.05) is 0 Å². The maximum Gasteiger partial charge on any atom is 0.354 e. The average Bonchev–Trinajstić information content (AvgIpc) is 3.39. The molecule has 0 bridgehead atoms. The van der Waals surface area contributed by atoms with Gasteiger partial charge in [-0.1, -0.05) is 6.92 Å². The molecule has 31 heavy (non-hydrogen) atoms. The molecule has 5 N–H and O–H groups in total. The first-order valence-electron chi connectivity index (χ1n) is 10.2. The molecule has 9 nitrogen and oxygen atoms in total. The minimum atomic E-state index is -3.67. The van der Waals surface area contributed by atoms with Crippen molar-refractivity contribution in [3.05, 3.63) is 33.2 Å². The number of nitrogens with two attached hydrogens (primary N) is 1. The Morgan fingerprint density at radius 3 is 2.74 bits per heavy atom. The number of aromatic nitrogens is 2. The van der Waals surface area contributed by atoms with Gasteiger partial charge in [-0.05, 0) is 63.0 Å². The van der Waals surface area contributed by atoms with Gasteiger partial charge >= 0.3 is 6.03 Å². The van der Waals surface area contributed by atoms with Gasteiger partial charge in [-0.3, -0.25) is 4.98 Å². The molecule has 0 saturated heterocycles. The summed E-state index contributed by atoms with van der Waals surface area (Å²) in [6.07, 6.45) is 4.48. The fraction of sp³-hybridized carbons (Fsp3) is 0.550. The number of urea groups is 1. The Morgan fingerprint density at radius 1 is 1.32 bits per heavy atom. The van der Waals surface area contributed by atoms with E-state index in [4.69, 9.17) is 10.1 Å². The van der Waals surface area contributed by atoms with Gasteiger partial charge < -0.3 is 15.5 Å². The Kier molecular flexibility index (Phi) is 5.67. The van der Waals surface area contributed by atoms with Crippen molar-refractivity contribution in [1.29, 1.82) is 0 Å². The van der Waals surface area contributed by atoms with Gasteiger partial charge in [-0.25, -0.2) is 19.1 Å². The third-order valence-corrected chi connectivity index (χ3v) is 9.08. The highest BCUT2D eigenvalue weighted by molar-refractivity contribution is 7.93. The number of nitrogens with one attached hydrogen (secondary N) is 1. The van der Waals surface area contributed by atoms with Gasteiger partial charge in [-0.2, -0.15) is 0 Å². The summed E-state index contributed by atoms with van der Waals surface area (Å²) in [5, 5.41) is 28.8. The number of aliphatic hydroxyl groups excluding tert-OH is 1. The summed E-state index contributed by atoms with van der Waals surface area (Å²) in [6.45, 7) is 4.63. The van der Waals surface area contributed by atoms with Crippen LogP contribution in [-0.2, 0) is 41.4 Å². The fourth-order valence-corrected chi connectivity index (χ4v) is 6.63. The Morgan fingerprint density at radius 2 is 2.06 bits per heavy atom. The molecule has 0 aliphatic heterocycles. The van der Waals surface area contributed by atoms with Gasteiger partial charge in [0.05, 0.1) is 18.0 Å². The lowest BCUT2D eigenvalue weighted by Crippen LogP contribution is -2.19. The average molecular weight is 466 g/mol. The van der Waals surface area contributed by atoms with Crippen molar-refractivity contribution in [2.75, 3.05) is 5.32 Å². The molecule has 1 unspecified atom stereocenters. The summed E-state index contributed by atoms with van der Waals surface area (Å²) in [5.74, 6) is 0.330. The SMILES string of the molecule is C[C@@H]1CCc2c1nc1c(c2NC(=O)N=S(N)(=O)c2sc(C(C)(C)O)nc2CO)CCC1. The monoisotopic (exact) mass is 465 g/mol. The number of aryl methyl sites for hydroxylation is 1. The van der Waals surface area contributed by atoms with Crippen LogP contribution in [-0.4, -0.2) is 30.4 Å². The van der Waals surface area contributed by atoms with Crippen molar-refractivity contribution in [3.8, 4) is 0 Å². The number of thiazole rings is 1. The van der Waals surface area contributed by atoms with Crippen molar-refractivity contribution in [3.63, 3.8) is 0 Å². The largest absolute Gasteiger partial charge is 0.390 e. The molecule has 2 aromatic rings. The summed E-state index contributed by atoms with van der Waals surface area (Å²) in [4.78, 5) is 21.8. The molecule has 0 fully saturated rings. The molecule has 2 aliphatic carbocycles. The van der Waals surface area contributed by atoms with E-state index in [0.29, 0.717) is 5.92 Å². The Hall–Kier alpha value is -1.92. The van der Waals surface area contributed by atoms with Crippen LogP contribution in [0.2, 0.25) is 0 Å². The van der Waals surface area contributed by atoms with Crippen molar-refractivity contribution >= 4 is 33.0 Å². The quantitative estimate of drug-likeness (QED) is 0.545. The number of hydrogen-bond acceptors (Lipinski definition) is 7. The van der Waals surface area contributed by atoms with Gasteiger partial charge in [-0.15, -0.1) is 15.7 Å². The zero-order valence-electron chi connectivity index (χ0n) is 17.8. The van der Waals surface area contributed by atoms with E-state index in [-0.39, 0.29) is 14.9 Å². The number of hydrogen-bond donors (Lipinski definition) is 4. The summed E-state index contributed by atoms with van der Waals surface area (Å²) < 4.78 is 16.9. The van der Waals surface area contributed by atoms with Crippen LogP contribution >= 0.6 is 11.3 Å². The fourth-order valence-electron chi connectivity index (χ4n) is 4.17. The second-order valence-electron chi connectivity index (χ2n) is 8.63. The van der Waals surface area contributed by atoms with E-state index in [0.717, 1.165) is 71.6 Å². The Bertz CT molecular complexity index is 1180. The smallest absolute Gasteiger partial charge is 0.354 e. The molecule has 0 saturated carbocycles. The Balaban J connectivity index is 1.71. The third-order valence-electron chi connectivity index (χ3n) is 5.70. The van der Waals surface area contributed by atoms with Crippen LogP contribution in [0.5, 0.6) is 0 Å². The number of pyridine rings is 1. The van der Waals surface area contributed by atoms with Crippen LogP contribution in [0, 0.1) is 0 Å². The zero-order valence-corrected chi connectivity index (χ0v) is 19.4. The van der Waals surface area contributed by atoms with Crippen LogP contribution in [0.4, 0.5) is 10.5 Å². The van der Waals surface area contributed by atoms with Crippen LogP contribution in [0.15, 0.2) is 8.57 Å². The first-order chi connectivity index (χ1) is 14.5. The van der Waals surface area contributed by atoms with Gasteiger partial charge in [0.1, 0.15) is 14.8 Å². The minimum Gasteiger partial charge on any atom is -0.390 e. The molecule has 2 aromatic heterocycles. The molecular formula is C20H27N5O4S2. The van der Waals surface area contributed by atoms with Crippen molar-refractivity contribution < 1.29 is 19.2 Å². The van der Waals surface area contributed by atoms with Crippen LogP contribution in [0.1, 0.15) is 72.7 Å². The van der Waals surface area contributed by atoms with Gasteiger partial charge in [0, 0.05) is 11.4 Å². The first-order valence-corrected chi connectivity index (χ1v) is 12.6. The van der Waals surface area contributed by atoms with Gasteiger partial charge in [0.2, 0.25) is 0 Å². The molecule has 2 amide bonds. The second-order valence-corrected chi connectivity index (χ2v) is 11.6. The number of amides is 2. The number of aliphatic hydroxyl groups is 2. The Labute approximate surface area is 185 Å². The number of nitrogens with zero attached hydrogens (tertiary/aromatic N) is 3. The highest BCUT2D eigenvalue weighted by Gasteiger charge is 2.31. The minimum absolute atomic E-state index is 0.0129. The summed E-state index contributed by atoms with van der Waals surface area (Å²) in [5.41, 5.74) is 3.55. The van der Waals surface area contributed by atoms with Crippen LogP contribution in [0.3, 0.4) is 0 Å². The van der Waals surface area contributed by atoms with E-state index in [1.165, 1.54) is 13.8 Å². The number of anilines is 1. The summed E-state index contributed by atoms with van der Waals surface area (Å²) >= 11 is 0.881. The van der Waals surface area contributed by atoms with Gasteiger partial charge in [0.25, 0.3) is 0 Å². The lowest BCUT2D eigenvalue weighted by Gasteiger charge is -2.15. The number of carbonyl (C=O) groups excluding carboxylic acids is 1. The molecule has 2 atom stereocenters. The zero-order chi connectivity index (χ0) is 22.6. The molecule has 0 aromatic carbocycles. The molecule has 0 radical (unpaired) electrons. The molecular weight excluding hydrogens is 438 g/mol. The maximum atomic E-state index is 13.1. The number of fused-ring (bicyclic) bond motifs is 2.